The zero-order valence-electron chi connectivity index (χ0n) is 44.9. The Morgan fingerprint density at radius 2 is 0.886 bits per heavy atom. The molecule has 70 heavy (non-hydrogen) atoms. The Hall–Kier alpha value is -3.52. The third-order valence-electron chi connectivity index (χ3n) is 16.6. The van der Waals surface area contributed by atoms with Crippen molar-refractivity contribution in [3.05, 3.63) is 170 Å². The number of benzene rings is 6. The van der Waals surface area contributed by atoms with E-state index in [0.717, 1.165) is 25.7 Å². The van der Waals surface area contributed by atoms with Crippen LogP contribution in [0.4, 0.5) is 0 Å². The van der Waals surface area contributed by atoms with Gasteiger partial charge in [-0.3, -0.25) is 0 Å². The van der Waals surface area contributed by atoms with Crippen molar-refractivity contribution in [3.8, 4) is 33.4 Å². The second-order valence-corrected chi connectivity index (χ2v) is 45.8. The molecule has 0 aromatic heterocycles. The third kappa shape index (κ3) is 8.63. The summed E-state index contributed by atoms with van der Waals surface area (Å²) in [5, 5.41) is 2.99. The standard InChI is InChI=1S/2C27H35.C12H9Si.2ClH.Zr/c2*1-8-9-20-10-11-21-12-24(19(6)7)16-26(21)27(20)25-14-22(17(2)3)13-23(15-25)18(4)5;1-3-7-11-9(5-1)10-6-2-4-8-12(10)13-11;;;/h2*10-19H,8-9H2,1-7H3;1-7H,13H2;2*1H;/q;;;;;+2/p-2. The molecule has 0 fully saturated rings. The molecule has 4 heteroatoms. The van der Waals surface area contributed by atoms with Gasteiger partial charge in [0.25, 0.3) is 0 Å². The van der Waals surface area contributed by atoms with Crippen molar-refractivity contribution in [2.75, 3.05) is 0 Å². The Morgan fingerprint density at radius 3 is 1.29 bits per heavy atom. The quantitative estimate of drug-likeness (QED) is 0.0898. The molecule has 0 saturated carbocycles. The average Bonchev–Trinajstić information content (AvgIpc) is 4.04. The van der Waals surface area contributed by atoms with Crippen LogP contribution in [-0.4, -0.2) is 9.52 Å². The Bertz CT molecular complexity index is 2860. The van der Waals surface area contributed by atoms with E-state index < -0.39 is 25.9 Å². The molecule has 0 bridgehead atoms. The van der Waals surface area contributed by atoms with E-state index in [1.54, 1.807) is 0 Å². The molecule has 9 rings (SSSR count). The molecule has 0 radical (unpaired) electrons. The summed E-state index contributed by atoms with van der Waals surface area (Å²) in [6, 6.07) is 41.2. The summed E-state index contributed by atoms with van der Waals surface area (Å²) < 4.78 is 1.04. The molecular formula is C66H79Cl2SiZr. The van der Waals surface area contributed by atoms with Gasteiger partial charge in [-0.2, -0.15) is 0 Å². The fraction of sp³-hybridized carbons (Fsp3) is 0.394. The maximum absolute atomic E-state index is 9.67. The van der Waals surface area contributed by atoms with Crippen LogP contribution in [-0.2, 0) is 29.2 Å². The zero-order valence-corrected chi connectivity index (χ0v) is 50.3. The molecule has 2 aliphatic carbocycles. The first kappa shape index (κ1) is 51.4. The van der Waals surface area contributed by atoms with Gasteiger partial charge in [0, 0.05) is 0 Å². The van der Waals surface area contributed by atoms with E-state index in [9.17, 15) is 17.0 Å². The molecule has 2 unspecified atom stereocenters. The molecule has 1 aliphatic heterocycles. The van der Waals surface area contributed by atoms with Gasteiger partial charge in [-0.25, -0.2) is 0 Å². The Balaban J connectivity index is 1.41. The number of allylic oxidation sites excluding steroid dienone is 2. The number of aryl methyl sites for hydroxylation is 2. The van der Waals surface area contributed by atoms with Crippen molar-refractivity contribution >= 4 is 52.3 Å². The van der Waals surface area contributed by atoms with E-state index in [-0.39, 0.29) is 19.1 Å². The first-order valence-corrected chi connectivity index (χ1v) is 38.9. The Labute approximate surface area is 433 Å². The molecule has 1 heterocycles. The van der Waals surface area contributed by atoms with Gasteiger partial charge in [0.05, 0.1) is 0 Å². The summed E-state index contributed by atoms with van der Waals surface area (Å²) in [7, 11) is 18.4. The van der Waals surface area contributed by atoms with Crippen LogP contribution in [0, 0.1) is 11.8 Å². The van der Waals surface area contributed by atoms with Crippen LogP contribution < -0.4 is 13.6 Å². The Morgan fingerprint density at radius 1 is 0.471 bits per heavy atom. The van der Waals surface area contributed by atoms with Crippen LogP contribution in [0.5, 0.6) is 0 Å². The Kier molecular flexibility index (Phi) is 14.5. The minimum absolute atomic E-state index is 0.134. The van der Waals surface area contributed by atoms with Gasteiger partial charge in [-0.05, 0) is 0 Å². The number of fused-ring (bicyclic) bond motifs is 5. The first-order chi connectivity index (χ1) is 33.3. The summed E-state index contributed by atoms with van der Waals surface area (Å²) in [6.45, 7) is 33.0. The van der Waals surface area contributed by atoms with Crippen LogP contribution in [0.3, 0.4) is 0 Å². The number of hydrogen-bond donors (Lipinski definition) is 0. The predicted molar refractivity (Wildman–Crippen MR) is 310 cm³/mol. The molecule has 0 spiro atoms. The molecular weight excluding hydrogens is 983 g/mol. The first-order valence-electron chi connectivity index (χ1n) is 27.1. The summed E-state index contributed by atoms with van der Waals surface area (Å²) in [4.78, 5) is 0. The normalized spacial score (nSPS) is 17.2. The van der Waals surface area contributed by atoms with Crippen molar-refractivity contribution in [1.29, 1.82) is 0 Å². The van der Waals surface area contributed by atoms with E-state index >= 15 is 0 Å². The number of hydrogen-bond acceptors (Lipinski definition) is 0. The predicted octanol–water partition coefficient (Wildman–Crippen LogP) is 17.7. The molecule has 0 nitrogen and oxygen atoms in total. The topological polar surface area (TPSA) is 0 Å². The van der Waals surface area contributed by atoms with Gasteiger partial charge in [0.1, 0.15) is 0 Å². The summed E-state index contributed by atoms with van der Waals surface area (Å²) in [5.74, 6) is 2.13. The SMILES string of the molecule is CCCc1ccc2c(c1-c1cc(C(C)C)cc(C(C)C)c1)C=C(C(C)C)[CH]2[Zr]([Cl])([Cl])([c]1cccc2c1[SiH2]c1ccccc1-2)[CH]1C(C(C)C)=Cc2c1ccc(CCC)c2-c1cc(C(C)C)cc(C(C)C)c1. The second kappa shape index (κ2) is 19.7. The van der Waals surface area contributed by atoms with Gasteiger partial charge in [-0.15, -0.1) is 0 Å². The van der Waals surface area contributed by atoms with E-state index in [4.69, 9.17) is 0 Å². The fourth-order valence-corrected chi connectivity index (χ4v) is 41.1. The third-order valence-corrected chi connectivity index (χ3v) is 39.2. The molecule has 0 N–H and O–H groups in total. The molecule has 0 amide bonds. The van der Waals surface area contributed by atoms with Gasteiger partial charge in [-0.1, -0.05) is 0 Å². The van der Waals surface area contributed by atoms with Gasteiger partial charge < -0.3 is 0 Å². The van der Waals surface area contributed by atoms with Crippen molar-refractivity contribution in [3.63, 3.8) is 0 Å². The van der Waals surface area contributed by atoms with Crippen LogP contribution in [0.1, 0.15) is 196 Å². The van der Waals surface area contributed by atoms with Crippen LogP contribution in [0.25, 0.3) is 45.5 Å². The van der Waals surface area contributed by atoms with Crippen LogP contribution in [0.2, 0.25) is 0 Å². The van der Waals surface area contributed by atoms with E-state index in [1.165, 1.54) is 114 Å². The van der Waals surface area contributed by atoms with Crippen molar-refractivity contribution < 1.29 is 16.4 Å². The van der Waals surface area contributed by atoms with Gasteiger partial charge >= 0.3 is 437 Å². The zero-order chi connectivity index (χ0) is 50.2. The van der Waals surface area contributed by atoms with Crippen molar-refractivity contribution in [2.45, 2.75) is 154 Å². The molecule has 2 atom stereocenters. The molecule has 6 aromatic carbocycles. The van der Waals surface area contributed by atoms with Crippen LogP contribution in [0.15, 0.2) is 114 Å². The second-order valence-electron chi connectivity index (χ2n) is 23.4. The molecule has 6 aromatic rings. The summed E-state index contributed by atoms with van der Waals surface area (Å²) >= 11 is -5.83. The molecule has 3 aliphatic rings. The monoisotopic (exact) mass is 1060 g/mol. The summed E-state index contributed by atoms with van der Waals surface area (Å²) in [6.07, 6.45) is 9.42. The van der Waals surface area contributed by atoms with E-state index in [2.05, 4.69) is 212 Å². The van der Waals surface area contributed by atoms with Gasteiger partial charge in [0.15, 0.2) is 0 Å². The van der Waals surface area contributed by atoms with Gasteiger partial charge in [0.2, 0.25) is 0 Å². The van der Waals surface area contributed by atoms with Crippen molar-refractivity contribution in [2.24, 2.45) is 11.8 Å². The van der Waals surface area contributed by atoms with Crippen molar-refractivity contribution in [1.82, 2.24) is 0 Å². The molecule has 0 saturated heterocycles. The minimum atomic E-state index is -5.83. The number of halogens is 2. The summed E-state index contributed by atoms with van der Waals surface area (Å²) in [5.41, 5.74) is 24.8. The fourth-order valence-electron chi connectivity index (χ4n) is 12.9. The van der Waals surface area contributed by atoms with E-state index in [0.29, 0.717) is 23.7 Å². The average molecular weight is 1060 g/mol. The molecule has 365 valence electrons. The maximum atomic E-state index is 9.67. The number of rotatable bonds is 15. The van der Waals surface area contributed by atoms with E-state index in [1.807, 2.05) is 0 Å². The van der Waals surface area contributed by atoms with Crippen LogP contribution >= 0.6 is 17.0 Å².